The van der Waals surface area contributed by atoms with Gasteiger partial charge in [-0.1, -0.05) is 47.3 Å². The van der Waals surface area contributed by atoms with Crippen LogP contribution in [0.2, 0.25) is 0 Å². The molecule has 0 radical (unpaired) electrons. The van der Waals surface area contributed by atoms with Crippen molar-refractivity contribution >= 4 is 23.4 Å². The number of hydrogen-bond donors (Lipinski definition) is 1. The molecule has 4 aromatic rings. The van der Waals surface area contributed by atoms with Gasteiger partial charge in [0.05, 0.1) is 11.3 Å². The maximum Gasteiger partial charge on any atom is 0.416 e. The van der Waals surface area contributed by atoms with E-state index in [1.807, 2.05) is 30.3 Å². The highest BCUT2D eigenvalue weighted by molar-refractivity contribution is 7.99. The van der Waals surface area contributed by atoms with Crippen LogP contribution < -0.4 is 5.32 Å². The second-order valence-electron chi connectivity index (χ2n) is 6.58. The average molecular weight is 456 g/mol. The highest BCUT2D eigenvalue weighted by atomic mass is 32.2. The van der Waals surface area contributed by atoms with Gasteiger partial charge in [-0.05, 0) is 30.3 Å². The third-order valence-electron chi connectivity index (χ3n) is 4.29. The summed E-state index contributed by atoms with van der Waals surface area (Å²) in [5, 5.41) is 6.96. The van der Waals surface area contributed by atoms with Crippen LogP contribution in [0.25, 0.3) is 22.7 Å². The highest BCUT2D eigenvalue weighted by Gasteiger charge is 2.30. The Morgan fingerprint density at radius 3 is 2.47 bits per heavy atom. The third kappa shape index (κ3) is 5.33. The Balaban J connectivity index is 1.37. The van der Waals surface area contributed by atoms with E-state index in [1.54, 1.807) is 18.3 Å². The molecule has 10 heteroatoms. The number of aromatic nitrogens is 3. The van der Waals surface area contributed by atoms with Crippen LogP contribution in [0.3, 0.4) is 0 Å². The minimum atomic E-state index is -4.42. The molecule has 4 rings (SSSR count). The first-order valence-electron chi connectivity index (χ1n) is 9.34. The molecule has 0 saturated heterocycles. The predicted molar refractivity (Wildman–Crippen MR) is 114 cm³/mol. The highest BCUT2D eigenvalue weighted by Crippen LogP contribution is 2.30. The zero-order valence-electron chi connectivity index (χ0n) is 16.3. The molecule has 0 atom stereocenters. The van der Waals surface area contributed by atoms with Crippen molar-refractivity contribution in [3.8, 4) is 22.7 Å². The van der Waals surface area contributed by atoms with E-state index >= 15 is 0 Å². The molecule has 0 aliphatic rings. The summed E-state index contributed by atoms with van der Waals surface area (Å²) in [4.78, 5) is 20.7. The van der Waals surface area contributed by atoms with Gasteiger partial charge in [0.25, 0.3) is 0 Å². The lowest BCUT2D eigenvalue weighted by Gasteiger charge is -2.08. The first kappa shape index (κ1) is 21.6. The minimum Gasteiger partial charge on any atom is -0.354 e. The molecule has 0 saturated carbocycles. The maximum atomic E-state index is 12.6. The van der Waals surface area contributed by atoms with Crippen molar-refractivity contribution in [3.05, 3.63) is 78.5 Å². The van der Waals surface area contributed by atoms with Crippen molar-refractivity contribution in [3.63, 3.8) is 0 Å². The van der Waals surface area contributed by atoms with E-state index in [1.165, 1.54) is 12.1 Å². The fourth-order valence-corrected chi connectivity index (χ4v) is 3.39. The van der Waals surface area contributed by atoms with E-state index in [4.69, 9.17) is 4.52 Å². The number of hydrogen-bond acceptors (Lipinski definition) is 6. The van der Waals surface area contributed by atoms with Crippen molar-refractivity contribution in [1.29, 1.82) is 0 Å². The number of amides is 1. The van der Waals surface area contributed by atoms with Gasteiger partial charge in [0.2, 0.25) is 5.91 Å². The lowest BCUT2D eigenvalue weighted by atomic mass is 10.1. The Bertz CT molecular complexity index is 1210. The topological polar surface area (TPSA) is 80.9 Å². The van der Waals surface area contributed by atoms with Crippen molar-refractivity contribution in [1.82, 2.24) is 15.1 Å². The standard InChI is InChI=1S/C22H15F3N4O2S/c23-22(24,25)15-6-8-16(9-7-15)27-20(30)13-32-21-26-11-10-17(28-21)19-12-18(29-31-19)14-4-2-1-3-5-14/h1-12H,13H2,(H,27,30). The normalized spacial score (nSPS) is 11.3. The largest absolute Gasteiger partial charge is 0.416 e. The van der Waals surface area contributed by atoms with Gasteiger partial charge in [-0.2, -0.15) is 13.2 Å². The first-order chi connectivity index (χ1) is 15.4. The summed E-state index contributed by atoms with van der Waals surface area (Å²) in [5.74, 6) is 0.0490. The molecule has 0 unspecified atom stereocenters. The number of thioether (sulfide) groups is 1. The predicted octanol–water partition coefficient (Wildman–Crippen LogP) is 5.55. The molecule has 1 N–H and O–H groups in total. The summed E-state index contributed by atoms with van der Waals surface area (Å²) >= 11 is 1.09. The first-order valence-corrected chi connectivity index (χ1v) is 10.3. The zero-order valence-corrected chi connectivity index (χ0v) is 17.2. The van der Waals surface area contributed by atoms with Crippen LogP contribution >= 0.6 is 11.8 Å². The molecule has 0 fully saturated rings. The van der Waals surface area contributed by atoms with Gasteiger partial charge >= 0.3 is 6.18 Å². The molecule has 2 heterocycles. The second-order valence-corrected chi connectivity index (χ2v) is 7.52. The Morgan fingerprint density at radius 1 is 1.00 bits per heavy atom. The van der Waals surface area contributed by atoms with Gasteiger partial charge in [-0.3, -0.25) is 4.79 Å². The number of alkyl halides is 3. The molecule has 162 valence electrons. The summed E-state index contributed by atoms with van der Waals surface area (Å²) in [6, 6.07) is 17.2. The van der Waals surface area contributed by atoms with Crippen LogP contribution in [-0.2, 0) is 11.0 Å². The van der Waals surface area contributed by atoms with Crippen molar-refractivity contribution in [2.75, 3.05) is 11.1 Å². The van der Waals surface area contributed by atoms with Crippen LogP contribution in [0.4, 0.5) is 18.9 Å². The minimum absolute atomic E-state index is 0.0177. The van der Waals surface area contributed by atoms with Gasteiger partial charge in [0.15, 0.2) is 10.9 Å². The Morgan fingerprint density at radius 2 is 1.75 bits per heavy atom. The molecular formula is C22H15F3N4O2S. The number of nitrogens with one attached hydrogen (secondary N) is 1. The monoisotopic (exact) mass is 456 g/mol. The van der Waals surface area contributed by atoms with Crippen LogP contribution in [0.5, 0.6) is 0 Å². The number of nitrogens with zero attached hydrogens (tertiary/aromatic N) is 3. The van der Waals surface area contributed by atoms with Crippen LogP contribution in [0.15, 0.2) is 82.6 Å². The summed E-state index contributed by atoms with van der Waals surface area (Å²) in [7, 11) is 0. The quantitative estimate of drug-likeness (QED) is 0.303. The maximum absolute atomic E-state index is 12.6. The van der Waals surface area contributed by atoms with E-state index in [-0.39, 0.29) is 11.4 Å². The smallest absolute Gasteiger partial charge is 0.354 e. The Labute approximate surface area is 184 Å². The fourth-order valence-electron chi connectivity index (χ4n) is 2.76. The number of carbonyl (C=O) groups excluding carboxylic acids is 1. The molecular weight excluding hydrogens is 441 g/mol. The van der Waals surface area contributed by atoms with E-state index in [0.717, 1.165) is 29.5 Å². The Kier molecular flexibility index (Phi) is 6.22. The lowest BCUT2D eigenvalue weighted by molar-refractivity contribution is -0.137. The van der Waals surface area contributed by atoms with Crippen molar-refractivity contribution < 1.29 is 22.5 Å². The summed E-state index contributed by atoms with van der Waals surface area (Å²) in [6.07, 6.45) is -2.88. The SMILES string of the molecule is O=C(CSc1nccc(-c2cc(-c3ccccc3)no2)n1)Nc1ccc(C(F)(F)F)cc1. The van der Waals surface area contributed by atoms with Gasteiger partial charge in [0, 0.05) is 23.5 Å². The number of anilines is 1. The van der Waals surface area contributed by atoms with Gasteiger partial charge < -0.3 is 9.84 Å². The number of halogens is 3. The molecule has 0 aliphatic carbocycles. The van der Waals surface area contributed by atoms with Gasteiger partial charge in [0.1, 0.15) is 11.4 Å². The molecule has 0 aliphatic heterocycles. The molecule has 2 aromatic heterocycles. The van der Waals surface area contributed by atoms with E-state index in [9.17, 15) is 18.0 Å². The molecule has 2 aromatic carbocycles. The molecule has 32 heavy (non-hydrogen) atoms. The van der Waals surface area contributed by atoms with E-state index < -0.39 is 17.6 Å². The molecule has 6 nitrogen and oxygen atoms in total. The Hall–Kier alpha value is -3.66. The van der Waals surface area contributed by atoms with Crippen LogP contribution in [-0.4, -0.2) is 26.8 Å². The van der Waals surface area contributed by atoms with Gasteiger partial charge in [-0.15, -0.1) is 0 Å². The third-order valence-corrected chi connectivity index (χ3v) is 5.16. The van der Waals surface area contributed by atoms with Gasteiger partial charge in [-0.25, -0.2) is 9.97 Å². The van der Waals surface area contributed by atoms with Crippen LogP contribution in [0.1, 0.15) is 5.56 Å². The van der Waals surface area contributed by atoms with E-state index in [2.05, 4.69) is 20.4 Å². The molecule has 1 amide bonds. The molecule has 0 bridgehead atoms. The second kappa shape index (κ2) is 9.23. The number of rotatable bonds is 6. The van der Waals surface area contributed by atoms with Crippen LogP contribution in [0, 0.1) is 0 Å². The molecule has 0 spiro atoms. The number of carbonyl (C=O) groups is 1. The van der Waals surface area contributed by atoms with Crippen molar-refractivity contribution in [2.24, 2.45) is 0 Å². The van der Waals surface area contributed by atoms with Crippen molar-refractivity contribution in [2.45, 2.75) is 11.3 Å². The average Bonchev–Trinajstić information content (AvgIpc) is 3.29. The fraction of sp³-hybridized carbons (Fsp3) is 0.0909. The summed E-state index contributed by atoms with van der Waals surface area (Å²) in [6.45, 7) is 0. The summed E-state index contributed by atoms with van der Waals surface area (Å²) in [5.41, 5.74) is 1.59. The van der Waals surface area contributed by atoms with E-state index in [0.29, 0.717) is 22.3 Å². The summed E-state index contributed by atoms with van der Waals surface area (Å²) < 4.78 is 43.2. The number of benzene rings is 2. The zero-order chi connectivity index (χ0) is 22.6. The lowest BCUT2D eigenvalue weighted by Crippen LogP contribution is -2.14.